The Morgan fingerprint density at radius 1 is 1.35 bits per heavy atom. The zero-order valence-electron chi connectivity index (χ0n) is 14.2. The summed E-state index contributed by atoms with van der Waals surface area (Å²) < 4.78 is 66.1. The first-order chi connectivity index (χ1) is 12.1. The van der Waals surface area contributed by atoms with Gasteiger partial charge in [0.2, 0.25) is 0 Å². The molecule has 1 aliphatic rings. The normalized spacial score (nSPS) is 17.9. The molecule has 0 amide bonds. The Morgan fingerprint density at radius 3 is 2.54 bits per heavy atom. The molecule has 1 heterocycles. The molecule has 0 bridgehead atoms. The number of ether oxygens (including phenoxy) is 1. The number of rotatable bonds is 5. The molecule has 1 aromatic carbocycles. The number of aliphatic imine (C=N–C) groups is 1. The largest absolute Gasteiger partial charge is 0.511 e. The number of methoxy groups -OCH3 is 1. The van der Waals surface area contributed by atoms with Gasteiger partial charge in [0.15, 0.2) is 5.96 Å². The Labute approximate surface area is 150 Å². The van der Waals surface area contributed by atoms with Gasteiger partial charge in [-0.3, -0.25) is 4.99 Å². The number of nitrogens with one attached hydrogen (secondary N) is 1. The lowest BCUT2D eigenvalue weighted by atomic mass is 9.98. The molecule has 0 saturated carbocycles. The maximum Gasteiger partial charge on any atom is 0.511 e. The van der Waals surface area contributed by atoms with E-state index in [0.29, 0.717) is 35.1 Å². The molecule has 1 aliphatic heterocycles. The van der Waals surface area contributed by atoms with Crippen LogP contribution in [-0.4, -0.2) is 50.9 Å². The summed E-state index contributed by atoms with van der Waals surface area (Å²) in [6, 6.07) is 7.13. The second-order valence-electron chi connectivity index (χ2n) is 5.84. The Hall–Kier alpha value is -2.01. The fourth-order valence-electron chi connectivity index (χ4n) is 2.63. The van der Waals surface area contributed by atoms with Crippen LogP contribution in [0.4, 0.5) is 18.9 Å². The highest BCUT2D eigenvalue weighted by Crippen LogP contribution is 2.30. The average Bonchev–Trinajstić information content (AvgIpc) is 2.60. The van der Waals surface area contributed by atoms with E-state index in [9.17, 15) is 21.6 Å². The number of hydrogen-bond acceptors (Lipinski definition) is 4. The predicted molar refractivity (Wildman–Crippen MR) is 92.4 cm³/mol. The number of nitrogens with zero attached hydrogens (tertiary/aromatic N) is 2. The maximum atomic E-state index is 12.6. The molecule has 1 aromatic rings. The van der Waals surface area contributed by atoms with E-state index >= 15 is 0 Å². The van der Waals surface area contributed by atoms with Crippen LogP contribution in [0.1, 0.15) is 12.8 Å². The van der Waals surface area contributed by atoms with Crippen molar-refractivity contribution in [2.75, 3.05) is 32.1 Å². The van der Waals surface area contributed by atoms with E-state index in [-0.39, 0.29) is 25.0 Å². The number of piperidine rings is 1. The minimum Gasteiger partial charge on any atom is -0.495 e. The molecular weight excluding hydrogens is 373 g/mol. The molecule has 0 aliphatic carbocycles. The number of halogens is 3. The number of hydrogen-bond donors (Lipinski definition) is 2. The van der Waals surface area contributed by atoms with E-state index in [1.54, 1.807) is 24.3 Å². The molecule has 26 heavy (non-hydrogen) atoms. The summed E-state index contributed by atoms with van der Waals surface area (Å²) in [5.41, 5.74) is 1.21. The summed E-state index contributed by atoms with van der Waals surface area (Å²) >= 11 is 0. The van der Waals surface area contributed by atoms with Gasteiger partial charge >= 0.3 is 15.5 Å². The lowest BCUT2D eigenvalue weighted by Gasteiger charge is -2.30. The van der Waals surface area contributed by atoms with Crippen molar-refractivity contribution in [3.63, 3.8) is 0 Å². The van der Waals surface area contributed by atoms with Crippen molar-refractivity contribution in [3.8, 4) is 5.75 Å². The third-order valence-corrected chi connectivity index (χ3v) is 5.73. The summed E-state index contributed by atoms with van der Waals surface area (Å²) in [5.74, 6) is 0.712. The van der Waals surface area contributed by atoms with Gasteiger partial charge in [0.1, 0.15) is 5.75 Å². The first-order valence-electron chi connectivity index (χ1n) is 7.91. The second kappa shape index (κ2) is 8.12. The number of sulfonamides is 1. The Bertz CT molecular complexity index is 745. The fourth-order valence-corrected chi connectivity index (χ4v) is 3.62. The SMILES string of the molecule is COc1ccccc1NC(N)=NCC1CCN(S(=O)(=O)C(F)(F)F)CC1. The lowest BCUT2D eigenvalue weighted by molar-refractivity contribution is -0.0496. The van der Waals surface area contributed by atoms with Gasteiger partial charge in [-0.05, 0) is 30.9 Å². The first kappa shape index (κ1) is 20.3. The van der Waals surface area contributed by atoms with Crippen molar-refractivity contribution in [2.24, 2.45) is 16.6 Å². The second-order valence-corrected chi connectivity index (χ2v) is 7.77. The number of benzene rings is 1. The molecule has 1 saturated heterocycles. The molecular formula is C15H21F3N4O3S. The lowest BCUT2D eigenvalue weighted by Crippen LogP contribution is -2.45. The standard InChI is InChI=1S/C15H21F3N4O3S/c1-25-13-5-3-2-4-12(13)21-14(19)20-10-11-6-8-22(9-7-11)26(23,24)15(16,17)18/h2-5,11H,6-10H2,1H3,(H3,19,20,21). The molecule has 146 valence electrons. The molecule has 2 rings (SSSR count). The number of para-hydroxylation sites is 2. The van der Waals surface area contributed by atoms with Crippen molar-refractivity contribution in [1.29, 1.82) is 0 Å². The zero-order chi connectivity index (χ0) is 19.4. The molecule has 0 spiro atoms. The highest BCUT2D eigenvalue weighted by Gasteiger charge is 2.50. The van der Waals surface area contributed by atoms with Gasteiger partial charge in [-0.25, -0.2) is 8.42 Å². The number of alkyl halides is 3. The van der Waals surface area contributed by atoms with E-state index in [1.807, 2.05) is 0 Å². The van der Waals surface area contributed by atoms with Crippen molar-refractivity contribution in [1.82, 2.24) is 4.31 Å². The number of anilines is 1. The van der Waals surface area contributed by atoms with E-state index in [2.05, 4.69) is 10.3 Å². The van der Waals surface area contributed by atoms with Gasteiger partial charge < -0.3 is 15.8 Å². The third-order valence-electron chi connectivity index (χ3n) is 4.10. The van der Waals surface area contributed by atoms with Crippen LogP contribution in [-0.2, 0) is 10.0 Å². The van der Waals surface area contributed by atoms with Crippen molar-refractivity contribution in [2.45, 2.75) is 18.3 Å². The Morgan fingerprint density at radius 2 is 1.96 bits per heavy atom. The Kier molecular flexibility index (Phi) is 6.34. The fraction of sp³-hybridized carbons (Fsp3) is 0.533. The summed E-state index contributed by atoms with van der Waals surface area (Å²) in [6.07, 6.45) is 0.585. The van der Waals surface area contributed by atoms with E-state index in [0.717, 1.165) is 0 Å². The van der Waals surface area contributed by atoms with Crippen molar-refractivity contribution < 1.29 is 26.3 Å². The van der Waals surface area contributed by atoms with Gasteiger partial charge in [0.05, 0.1) is 12.8 Å². The number of guanidine groups is 1. The van der Waals surface area contributed by atoms with Crippen LogP contribution < -0.4 is 15.8 Å². The van der Waals surface area contributed by atoms with Crippen LogP contribution in [0, 0.1) is 5.92 Å². The van der Waals surface area contributed by atoms with E-state index < -0.39 is 15.5 Å². The van der Waals surface area contributed by atoms with Gasteiger partial charge in [-0.2, -0.15) is 17.5 Å². The van der Waals surface area contributed by atoms with Crippen LogP contribution in [0.25, 0.3) is 0 Å². The minimum absolute atomic E-state index is 0.0345. The smallest absolute Gasteiger partial charge is 0.495 e. The van der Waals surface area contributed by atoms with Crippen LogP contribution >= 0.6 is 0 Å². The predicted octanol–water partition coefficient (Wildman–Crippen LogP) is 1.98. The summed E-state index contributed by atoms with van der Waals surface area (Å²) in [4.78, 5) is 4.19. The quantitative estimate of drug-likeness (QED) is 0.588. The number of nitrogens with two attached hydrogens (primary N) is 1. The minimum atomic E-state index is -5.26. The van der Waals surface area contributed by atoms with E-state index in [4.69, 9.17) is 10.5 Å². The molecule has 11 heteroatoms. The highest BCUT2D eigenvalue weighted by atomic mass is 32.2. The monoisotopic (exact) mass is 394 g/mol. The van der Waals surface area contributed by atoms with Crippen LogP contribution in [0.2, 0.25) is 0 Å². The molecule has 1 fully saturated rings. The zero-order valence-corrected chi connectivity index (χ0v) is 15.0. The van der Waals surface area contributed by atoms with Gasteiger partial charge in [0, 0.05) is 19.6 Å². The van der Waals surface area contributed by atoms with Crippen LogP contribution in [0.3, 0.4) is 0 Å². The molecule has 3 N–H and O–H groups in total. The summed E-state index contributed by atoms with van der Waals surface area (Å²) in [5, 5.41) is 2.90. The Balaban J connectivity index is 1.88. The molecule has 0 atom stereocenters. The molecule has 0 radical (unpaired) electrons. The van der Waals surface area contributed by atoms with Crippen LogP contribution in [0.15, 0.2) is 29.3 Å². The van der Waals surface area contributed by atoms with Crippen molar-refractivity contribution >= 4 is 21.7 Å². The molecule has 7 nitrogen and oxygen atoms in total. The van der Waals surface area contributed by atoms with Gasteiger partial charge in [-0.15, -0.1) is 0 Å². The summed E-state index contributed by atoms with van der Waals surface area (Å²) in [6.45, 7) is -0.0579. The summed E-state index contributed by atoms with van der Waals surface area (Å²) in [7, 11) is -3.73. The highest BCUT2D eigenvalue weighted by molar-refractivity contribution is 7.90. The third kappa shape index (κ3) is 4.79. The van der Waals surface area contributed by atoms with E-state index in [1.165, 1.54) is 7.11 Å². The average molecular weight is 394 g/mol. The topological polar surface area (TPSA) is 97.0 Å². The molecule has 0 aromatic heterocycles. The van der Waals surface area contributed by atoms with Gasteiger partial charge in [-0.1, -0.05) is 12.1 Å². The van der Waals surface area contributed by atoms with Crippen molar-refractivity contribution in [3.05, 3.63) is 24.3 Å². The molecule has 0 unspecified atom stereocenters. The maximum absolute atomic E-state index is 12.6. The van der Waals surface area contributed by atoms with Crippen LogP contribution in [0.5, 0.6) is 5.75 Å². The first-order valence-corrected chi connectivity index (χ1v) is 9.35. The van der Waals surface area contributed by atoms with Gasteiger partial charge in [0.25, 0.3) is 0 Å².